The van der Waals surface area contributed by atoms with Crippen LogP contribution < -0.4 is 19.5 Å². The van der Waals surface area contributed by atoms with Gasteiger partial charge in [0.05, 0.1) is 24.8 Å². The molecule has 0 radical (unpaired) electrons. The Bertz CT molecular complexity index is 1110. The van der Waals surface area contributed by atoms with Gasteiger partial charge in [0, 0.05) is 18.3 Å². The molecule has 0 saturated carbocycles. The minimum atomic E-state index is -3.75. The number of anilines is 1. The Labute approximate surface area is 185 Å². The van der Waals surface area contributed by atoms with E-state index in [1.165, 1.54) is 30.6 Å². The molecule has 1 heterocycles. The number of nitrogens with one attached hydrogen (secondary N) is 2. The van der Waals surface area contributed by atoms with Crippen molar-refractivity contribution in [3.63, 3.8) is 0 Å². The van der Waals surface area contributed by atoms with Crippen molar-refractivity contribution in [3.8, 4) is 11.5 Å². The van der Waals surface area contributed by atoms with Crippen LogP contribution in [0.5, 0.6) is 11.5 Å². The van der Waals surface area contributed by atoms with Crippen LogP contribution in [0.4, 0.5) is 5.13 Å². The third-order valence-corrected chi connectivity index (χ3v) is 6.69. The highest BCUT2D eigenvalue weighted by Crippen LogP contribution is 2.22. The number of nitrogens with zero attached hydrogens (tertiary/aromatic N) is 1. The first-order chi connectivity index (χ1) is 14.9. The summed E-state index contributed by atoms with van der Waals surface area (Å²) in [6.07, 6.45) is 0.666. The van der Waals surface area contributed by atoms with Crippen LogP contribution in [-0.4, -0.2) is 33.5 Å². The van der Waals surface area contributed by atoms with Gasteiger partial charge in [-0.25, -0.2) is 13.4 Å². The number of sulfonamides is 1. The van der Waals surface area contributed by atoms with Crippen molar-refractivity contribution in [1.29, 1.82) is 0 Å². The van der Waals surface area contributed by atoms with E-state index in [0.29, 0.717) is 24.4 Å². The van der Waals surface area contributed by atoms with Crippen molar-refractivity contribution in [3.05, 3.63) is 65.2 Å². The van der Waals surface area contributed by atoms with E-state index in [2.05, 4.69) is 15.0 Å². The molecule has 2 N–H and O–H groups in total. The summed E-state index contributed by atoms with van der Waals surface area (Å²) >= 11 is 1.17. The van der Waals surface area contributed by atoms with Gasteiger partial charge in [-0.05, 0) is 48.4 Å². The number of carbonyl (C=O) groups excluding carboxylic acids is 1. The number of hydrogen-bond donors (Lipinski definition) is 2. The van der Waals surface area contributed by atoms with E-state index in [1.807, 2.05) is 24.3 Å². The predicted molar refractivity (Wildman–Crippen MR) is 119 cm³/mol. The van der Waals surface area contributed by atoms with Gasteiger partial charge >= 0.3 is 0 Å². The standard InChI is InChI=1S/C21H23N3O5S2/c1-28-17-6-3-15(4-7-17)13-22-20(25)12-5-16-14-30-21(23-16)24-31(26,27)19-10-8-18(29-2)9-11-19/h3-4,6-11,14H,5,12-13H2,1-2H3,(H,22,25)(H,23,24). The first kappa shape index (κ1) is 22.6. The molecule has 0 unspecified atom stereocenters. The Kier molecular flexibility index (Phi) is 7.48. The van der Waals surface area contributed by atoms with E-state index in [0.717, 1.165) is 11.3 Å². The molecule has 0 spiro atoms. The predicted octanol–water partition coefficient (Wildman–Crippen LogP) is 3.21. The summed E-state index contributed by atoms with van der Waals surface area (Å²) in [6, 6.07) is 13.5. The number of aromatic nitrogens is 1. The van der Waals surface area contributed by atoms with E-state index in [4.69, 9.17) is 9.47 Å². The third kappa shape index (κ3) is 6.43. The lowest BCUT2D eigenvalue weighted by molar-refractivity contribution is -0.121. The maximum Gasteiger partial charge on any atom is 0.263 e. The number of hydrogen-bond acceptors (Lipinski definition) is 7. The molecule has 164 valence electrons. The molecule has 10 heteroatoms. The highest BCUT2D eigenvalue weighted by molar-refractivity contribution is 7.93. The number of rotatable bonds is 10. The van der Waals surface area contributed by atoms with Crippen LogP contribution in [-0.2, 0) is 27.8 Å². The van der Waals surface area contributed by atoms with E-state index < -0.39 is 10.0 Å². The van der Waals surface area contributed by atoms with Gasteiger partial charge < -0.3 is 14.8 Å². The summed E-state index contributed by atoms with van der Waals surface area (Å²) in [5.74, 6) is 1.22. The number of benzene rings is 2. The molecule has 3 aromatic rings. The molecule has 1 aromatic heterocycles. The van der Waals surface area contributed by atoms with E-state index in [1.54, 1.807) is 24.6 Å². The molecule has 0 bridgehead atoms. The van der Waals surface area contributed by atoms with Crippen molar-refractivity contribution in [1.82, 2.24) is 10.3 Å². The van der Waals surface area contributed by atoms with Gasteiger partial charge in [-0.2, -0.15) is 0 Å². The average molecular weight is 462 g/mol. The fourth-order valence-electron chi connectivity index (χ4n) is 2.67. The highest BCUT2D eigenvalue weighted by atomic mass is 32.2. The third-order valence-electron chi connectivity index (χ3n) is 4.40. The summed E-state index contributed by atoms with van der Waals surface area (Å²) in [5, 5.41) is 4.85. The van der Waals surface area contributed by atoms with Crippen LogP contribution in [0.1, 0.15) is 17.7 Å². The number of carbonyl (C=O) groups is 1. The minimum absolute atomic E-state index is 0.107. The Morgan fingerprint density at radius 1 is 1.00 bits per heavy atom. The summed E-state index contributed by atoms with van der Waals surface area (Å²) in [5.41, 5.74) is 1.62. The van der Waals surface area contributed by atoms with Crippen LogP contribution in [0.25, 0.3) is 0 Å². The zero-order valence-corrected chi connectivity index (χ0v) is 18.8. The summed E-state index contributed by atoms with van der Waals surface area (Å²) < 4.78 is 37.6. The fraction of sp³-hybridized carbons (Fsp3) is 0.238. The second-order valence-electron chi connectivity index (χ2n) is 6.55. The molecule has 2 aromatic carbocycles. The number of ether oxygens (including phenoxy) is 2. The van der Waals surface area contributed by atoms with E-state index in [-0.39, 0.29) is 22.4 Å². The Balaban J connectivity index is 1.49. The maximum atomic E-state index is 12.5. The Morgan fingerprint density at radius 2 is 1.61 bits per heavy atom. The normalized spacial score (nSPS) is 11.0. The Morgan fingerprint density at radius 3 is 2.23 bits per heavy atom. The van der Waals surface area contributed by atoms with Gasteiger partial charge in [0.1, 0.15) is 11.5 Å². The van der Waals surface area contributed by atoms with Crippen LogP contribution in [0.2, 0.25) is 0 Å². The monoisotopic (exact) mass is 461 g/mol. The van der Waals surface area contributed by atoms with Crippen LogP contribution in [0.15, 0.2) is 58.8 Å². The van der Waals surface area contributed by atoms with Crippen molar-refractivity contribution in [2.24, 2.45) is 0 Å². The molecule has 0 atom stereocenters. The molecular formula is C21H23N3O5S2. The van der Waals surface area contributed by atoms with Crippen LogP contribution >= 0.6 is 11.3 Å². The topological polar surface area (TPSA) is 107 Å². The fourth-order valence-corrected chi connectivity index (χ4v) is 4.67. The lowest BCUT2D eigenvalue weighted by Crippen LogP contribution is -2.23. The first-order valence-electron chi connectivity index (χ1n) is 9.40. The molecule has 0 saturated heterocycles. The van der Waals surface area contributed by atoms with Gasteiger partial charge in [-0.15, -0.1) is 11.3 Å². The average Bonchev–Trinajstić information content (AvgIpc) is 3.23. The molecular weight excluding hydrogens is 438 g/mol. The molecule has 1 amide bonds. The van der Waals surface area contributed by atoms with Crippen molar-refractivity contribution in [2.75, 3.05) is 18.9 Å². The lowest BCUT2D eigenvalue weighted by atomic mass is 10.2. The summed E-state index contributed by atoms with van der Waals surface area (Å²) in [4.78, 5) is 16.5. The number of amides is 1. The molecule has 31 heavy (non-hydrogen) atoms. The SMILES string of the molecule is COc1ccc(CNC(=O)CCc2csc(NS(=O)(=O)c3ccc(OC)cc3)n2)cc1. The first-order valence-corrected chi connectivity index (χ1v) is 11.8. The van der Waals surface area contributed by atoms with E-state index >= 15 is 0 Å². The molecule has 0 fully saturated rings. The molecule has 0 aliphatic rings. The zero-order chi connectivity index (χ0) is 22.3. The highest BCUT2D eigenvalue weighted by Gasteiger charge is 2.16. The van der Waals surface area contributed by atoms with Gasteiger partial charge in [-0.3, -0.25) is 9.52 Å². The second-order valence-corrected chi connectivity index (χ2v) is 9.09. The van der Waals surface area contributed by atoms with E-state index in [9.17, 15) is 13.2 Å². The molecule has 8 nitrogen and oxygen atoms in total. The quantitative estimate of drug-likeness (QED) is 0.480. The number of aryl methyl sites for hydroxylation is 1. The van der Waals surface area contributed by atoms with Gasteiger partial charge in [-0.1, -0.05) is 12.1 Å². The van der Waals surface area contributed by atoms with Gasteiger partial charge in [0.2, 0.25) is 5.91 Å². The van der Waals surface area contributed by atoms with Crippen LogP contribution in [0, 0.1) is 0 Å². The summed E-state index contributed by atoms with van der Waals surface area (Å²) in [6.45, 7) is 0.423. The van der Waals surface area contributed by atoms with Gasteiger partial charge in [0.15, 0.2) is 5.13 Å². The lowest BCUT2D eigenvalue weighted by Gasteiger charge is -2.06. The number of thiazole rings is 1. The minimum Gasteiger partial charge on any atom is -0.497 e. The largest absolute Gasteiger partial charge is 0.497 e. The van der Waals surface area contributed by atoms with Crippen molar-refractivity contribution in [2.45, 2.75) is 24.3 Å². The van der Waals surface area contributed by atoms with Crippen molar-refractivity contribution >= 4 is 32.4 Å². The molecule has 0 aliphatic carbocycles. The maximum absolute atomic E-state index is 12.5. The van der Waals surface area contributed by atoms with Crippen molar-refractivity contribution < 1.29 is 22.7 Å². The number of methoxy groups -OCH3 is 2. The molecule has 0 aliphatic heterocycles. The summed E-state index contributed by atoms with van der Waals surface area (Å²) in [7, 11) is -0.632. The van der Waals surface area contributed by atoms with Gasteiger partial charge in [0.25, 0.3) is 10.0 Å². The Hall–Kier alpha value is -3.11. The van der Waals surface area contributed by atoms with Crippen LogP contribution in [0.3, 0.4) is 0 Å². The smallest absolute Gasteiger partial charge is 0.263 e. The second kappa shape index (κ2) is 10.3. The molecule has 3 rings (SSSR count). The zero-order valence-electron chi connectivity index (χ0n) is 17.1.